The summed E-state index contributed by atoms with van der Waals surface area (Å²) in [4.78, 5) is 33.2. The number of pyridine rings is 2. The van der Waals surface area contributed by atoms with Gasteiger partial charge in [0.15, 0.2) is 23.1 Å². The zero-order valence-electron chi connectivity index (χ0n) is 36.8. The Hall–Kier alpha value is -6.90. The number of rotatable bonds is 16. The van der Waals surface area contributed by atoms with Crippen LogP contribution in [0.15, 0.2) is 122 Å². The summed E-state index contributed by atoms with van der Waals surface area (Å²) in [6.07, 6.45) is 3.33. The summed E-state index contributed by atoms with van der Waals surface area (Å²) in [7, 11) is 0. The van der Waals surface area contributed by atoms with Crippen molar-refractivity contribution >= 4 is 38.9 Å². The SMILES string of the molecule is C.Nc1ncc(-c2ccc(OCCN3CCOCC3)cc2)cc1O.Nc1ncc(-c2ccc(OCCN3CCOCC3)cc2)cc1OCc1cccc([N+](=O)[O-])c1.O=[N+]([O-])c1cccc(CBr)c1. The van der Waals surface area contributed by atoms with Crippen molar-refractivity contribution in [3.05, 3.63) is 153 Å². The maximum Gasteiger partial charge on any atom is 0.269 e. The predicted octanol–water partition coefficient (Wildman–Crippen LogP) is 8.40. The first-order chi connectivity index (χ1) is 32.5. The third-order valence-corrected chi connectivity index (χ3v) is 11.2. The average Bonchev–Trinajstić information content (AvgIpc) is 3.36. The Labute approximate surface area is 403 Å². The molecule has 8 rings (SSSR count). The number of anilines is 2. The first-order valence-electron chi connectivity index (χ1n) is 21.5. The molecular formula is C49H57BrN8O10. The minimum absolute atomic E-state index is 0. The third-order valence-electron chi connectivity index (χ3n) is 10.5. The van der Waals surface area contributed by atoms with Crippen LogP contribution in [-0.2, 0) is 21.4 Å². The zero-order chi connectivity index (χ0) is 47.4. The van der Waals surface area contributed by atoms with Gasteiger partial charge in [0.05, 0.1) is 36.3 Å². The maximum atomic E-state index is 11.0. The molecule has 0 atom stereocenters. The van der Waals surface area contributed by atoms with Crippen LogP contribution in [0, 0.1) is 20.2 Å². The fourth-order valence-electron chi connectivity index (χ4n) is 6.75. The van der Waals surface area contributed by atoms with Crippen molar-refractivity contribution in [2.45, 2.75) is 19.4 Å². The molecule has 0 amide bonds. The number of nitrogens with zero attached hydrogens (tertiary/aromatic N) is 6. The van der Waals surface area contributed by atoms with E-state index in [4.69, 9.17) is 35.2 Å². The molecule has 2 saturated heterocycles. The number of aromatic nitrogens is 2. The van der Waals surface area contributed by atoms with E-state index in [0.717, 1.165) is 105 Å². The minimum atomic E-state index is -0.434. The molecule has 0 bridgehead atoms. The number of alkyl halides is 1. The van der Waals surface area contributed by atoms with E-state index < -0.39 is 9.85 Å². The van der Waals surface area contributed by atoms with Crippen LogP contribution in [0.25, 0.3) is 22.3 Å². The largest absolute Gasteiger partial charge is 0.504 e. The number of benzene rings is 4. The standard InChI is InChI=1S/C24H26N4O5.C17H21N3O3.C7H6BrNO2.CH4/c25-24-23(33-17-18-2-1-3-21(14-18)28(29)30)15-20(16-26-24)19-4-6-22(7-5-19)32-13-10-27-8-11-31-12-9-27;18-17-16(21)11-14(12-19-17)13-1-3-15(4-2-13)23-10-7-20-5-8-22-9-6-20;8-5-6-2-1-3-7(4-6)9(10)11;/h1-7,14-16H,8-13,17H2,(H2,25,26);1-4,11-12,21H,5-10H2,(H2,18,19);1-4H,5H2;1H4. The lowest BCUT2D eigenvalue weighted by molar-refractivity contribution is -0.385. The highest BCUT2D eigenvalue weighted by molar-refractivity contribution is 9.08. The summed E-state index contributed by atoms with van der Waals surface area (Å²) in [6.45, 7) is 10.2. The van der Waals surface area contributed by atoms with Gasteiger partial charge in [-0.2, -0.15) is 0 Å². The number of hydrogen-bond donors (Lipinski definition) is 3. The van der Waals surface area contributed by atoms with Crippen molar-refractivity contribution in [3.8, 4) is 45.3 Å². The molecule has 4 aromatic carbocycles. The van der Waals surface area contributed by atoms with Crippen LogP contribution in [0.1, 0.15) is 18.6 Å². The molecule has 0 radical (unpaired) electrons. The molecule has 2 aliphatic rings. The zero-order valence-corrected chi connectivity index (χ0v) is 38.4. The van der Waals surface area contributed by atoms with Gasteiger partial charge >= 0.3 is 0 Å². The summed E-state index contributed by atoms with van der Waals surface area (Å²) >= 11 is 3.22. The van der Waals surface area contributed by atoms with Crippen molar-refractivity contribution in [2.24, 2.45) is 0 Å². The first kappa shape index (κ1) is 52.1. The monoisotopic (exact) mass is 996 g/mol. The number of nitro benzene ring substituents is 2. The van der Waals surface area contributed by atoms with E-state index in [2.05, 4.69) is 35.7 Å². The molecule has 2 aromatic heterocycles. The van der Waals surface area contributed by atoms with Crippen LogP contribution in [0.4, 0.5) is 23.0 Å². The Morgan fingerprint density at radius 3 is 1.54 bits per heavy atom. The van der Waals surface area contributed by atoms with Crippen LogP contribution >= 0.6 is 15.9 Å². The number of nitro groups is 2. The van der Waals surface area contributed by atoms with Crippen LogP contribution < -0.4 is 25.7 Å². The molecule has 18 nitrogen and oxygen atoms in total. The molecule has 2 fully saturated rings. The molecule has 0 spiro atoms. The van der Waals surface area contributed by atoms with Crippen LogP contribution in [0.5, 0.6) is 23.0 Å². The molecule has 2 aliphatic heterocycles. The van der Waals surface area contributed by atoms with Gasteiger partial charge in [-0.3, -0.25) is 30.0 Å². The summed E-state index contributed by atoms with van der Waals surface area (Å²) in [5, 5.41) is 31.5. The number of non-ortho nitro benzene ring substituents is 2. The van der Waals surface area contributed by atoms with Crippen molar-refractivity contribution < 1.29 is 38.6 Å². The number of aromatic hydroxyl groups is 1. The van der Waals surface area contributed by atoms with Crippen molar-refractivity contribution in [1.82, 2.24) is 19.8 Å². The van der Waals surface area contributed by atoms with Gasteiger partial charge in [0.1, 0.15) is 31.3 Å². The Balaban J connectivity index is 0.000000213. The maximum absolute atomic E-state index is 11.0. The van der Waals surface area contributed by atoms with Gasteiger partial charge in [0.2, 0.25) is 0 Å². The van der Waals surface area contributed by atoms with Gasteiger partial charge in [-0.05, 0) is 58.7 Å². The molecule has 0 aliphatic carbocycles. The van der Waals surface area contributed by atoms with Crippen LogP contribution in [0.2, 0.25) is 0 Å². The number of ether oxygens (including phenoxy) is 5. The molecule has 6 aromatic rings. The van der Waals surface area contributed by atoms with Gasteiger partial charge in [0.25, 0.3) is 11.4 Å². The molecule has 0 unspecified atom stereocenters. The smallest absolute Gasteiger partial charge is 0.269 e. The summed E-state index contributed by atoms with van der Waals surface area (Å²) < 4.78 is 28.1. The van der Waals surface area contributed by atoms with Crippen molar-refractivity contribution in [2.75, 3.05) is 90.4 Å². The van der Waals surface area contributed by atoms with E-state index in [1.54, 1.807) is 42.7 Å². The molecule has 0 saturated carbocycles. The molecular weight excluding hydrogens is 940 g/mol. The lowest BCUT2D eigenvalue weighted by atomic mass is 10.1. The van der Waals surface area contributed by atoms with E-state index in [1.165, 1.54) is 18.2 Å². The number of nitrogen functional groups attached to an aromatic ring is 2. The van der Waals surface area contributed by atoms with Gasteiger partial charge in [-0.15, -0.1) is 0 Å². The van der Waals surface area contributed by atoms with Gasteiger partial charge in [0, 0.05) is 92.4 Å². The van der Waals surface area contributed by atoms with Gasteiger partial charge in [-0.25, -0.2) is 9.97 Å². The summed E-state index contributed by atoms with van der Waals surface area (Å²) in [5.74, 6) is 2.44. The summed E-state index contributed by atoms with van der Waals surface area (Å²) in [6, 6.07) is 31.8. The fourth-order valence-corrected chi connectivity index (χ4v) is 7.10. The lowest BCUT2D eigenvalue weighted by Gasteiger charge is -2.26. The van der Waals surface area contributed by atoms with E-state index in [9.17, 15) is 25.3 Å². The van der Waals surface area contributed by atoms with E-state index in [1.807, 2.05) is 60.7 Å². The normalized spacial score (nSPS) is 13.6. The molecule has 68 heavy (non-hydrogen) atoms. The number of morpholine rings is 2. The Kier molecular flexibility index (Phi) is 20.7. The van der Waals surface area contributed by atoms with E-state index in [-0.39, 0.29) is 42.8 Å². The van der Waals surface area contributed by atoms with Crippen molar-refractivity contribution in [3.63, 3.8) is 0 Å². The second kappa shape index (κ2) is 27.0. The highest BCUT2D eigenvalue weighted by Gasteiger charge is 2.13. The highest BCUT2D eigenvalue weighted by atomic mass is 79.9. The fraction of sp³-hybridized carbons (Fsp3) is 0.306. The quantitative estimate of drug-likeness (QED) is 0.0469. The molecule has 19 heteroatoms. The highest BCUT2D eigenvalue weighted by Crippen LogP contribution is 2.30. The second-order valence-corrected chi connectivity index (χ2v) is 15.7. The average molecular weight is 998 g/mol. The van der Waals surface area contributed by atoms with Crippen LogP contribution in [0.3, 0.4) is 0 Å². The Bertz CT molecular complexity index is 2510. The number of halogens is 1. The first-order valence-corrected chi connectivity index (χ1v) is 22.6. The Morgan fingerprint density at radius 2 is 1.07 bits per heavy atom. The van der Waals surface area contributed by atoms with Crippen molar-refractivity contribution in [1.29, 1.82) is 0 Å². The molecule has 360 valence electrons. The third kappa shape index (κ3) is 16.5. The lowest BCUT2D eigenvalue weighted by Crippen LogP contribution is -2.38. The van der Waals surface area contributed by atoms with E-state index >= 15 is 0 Å². The molecule has 4 heterocycles. The van der Waals surface area contributed by atoms with Crippen LogP contribution in [-0.4, -0.2) is 114 Å². The minimum Gasteiger partial charge on any atom is -0.504 e. The molecule has 5 N–H and O–H groups in total. The number of hydrogen-bond acceptors (Lipinski definition) is 16. The number of nitrogens with two attached hydrogens (primary N) is 2. The topological polar surface area (TPSA) is 237 Å². The van der Waals surface area contributed by atoms with Gasteiger partial charge < -0.3 is 40.3 Å². The Morgan fingerprint density at radius 1 is 0.618 bits per heavy atom. The van der Waals surface area contributed by atoms with Gasteiger partial charge in [-0.1, -0.05) is 71.9 Å². The summed E-state index contributed by atoms with van der Waals surface area (Å²) in [5.41, 5.74) is 16.8. The predicted molar refractivity (Wildman–Crippen MR) is 265 cm³/mol. The second-order valence-electron chi connectivity index (χ2n) is 15.2. The van der Waals surface area contributed by atoms with E-state index in [0.29, 0.717) is 29.9 Å².